The molecule has 1 heterocycles. The molecule has 2 rings (SSSR count). The van der Waals surface area contributed by atoms with E-state index in [0.717, 1.165) is 13.0 Å². The minimum Gasteiger partial charge on any atom is -0.396 e. The zero-order chi connectivity index (χ0) is 10.0. The van der Waals surface area contributed by atoms with Crippen molar-refractivity contribution in [1.29, 1.82) is 0 Å². The van der Waals surface area contributed by atoms with Crippen LogP contribution in [0, 0.1) is 5.41 Å². The van der Waals surface area contributed by atoms with Gasteiger partial charge in [0.1, 0.15) is 0 Å². The molecule has 0 spiro atoms. The first-order valence-electron chi connectivity index (χ1n) is 5.77. The summed E-state index contributed by atoms with van der Waals surface area (Å²) in [6, 6.07) is 0.691. The molecule has 0 amide bonds. The van der Waals surface area contributed by atoms with E-state index in [9.17, 15) is 0 Å². The van der Waals surface area contributed by atoms with Gasteiger partial charge in [-0.3, -0.25) is 0 Å². The van der Waals surface area contributed by atoms with Gasteiger partial charge in [-0.1, -0.05) is 0 Å². The van der Waals surface area contributed by atoms with Crippen molar-refractivity contribution >= 4 is 0 Å². The van der Waals surface area contributed by atoms with Gasteiger partial charge >= 0.3 is 0 Å². The van der Waals surface area contributed by atoms with Crippen molar-refractivity contribution in [2.24, 2.45) is 5.41 Å². The smallest absolute Gasteiger partial charge is 0.0436 e. The van der Waals surface area contributed by atoms with Gasteiger partial charge in [-0.15, -0.1) is 0 Å². The van der Waals surface area contributed by atoms with Crippen LogP contribution in [0.2, 0.25) is 0 Å². The van der Waals surface area contributed by atoms with Crippen molar-refractivity contribution in [3.8, 4) is 0 Å². The Balaban J connectivity index is 1.67. The highest BCUT2D eigenvalue weighted by Gasteiger charge is 2.41. The molecule has 1 saturated carbocycles. The number of likely N-dealkylation sites (tertiary alicyclic amines) is 1. The number of aliphatic hydroxyl groups is 1. The Kier molecular flexibility index (Phi) is 3.10. The number of hydrogen-bond acceptors (Lipinski definition) is 3. The molecule has 1 atom stereocenters. The van der Waals surface area contributed by atoms with Crippen molar-refractivity contribution in [2.75, 3.05) is 33.3 Å². The molecule has 0 radical (unpaired) electrons. The summed E-state index contributed by atoms with van der Waals surface area (Å²) in [6.07, 6.45) is 4.89. The topological polar surface area (TPSA) is 35.5 Å². The second-order valence-corrected chi connectivity index (χ2v) is 5.10. The van der Waals surface area contributed by atoms with Gasteiger partial charge in [0, 0.05) is 25.7 Å². The molecule has 82 valence electrons. The van der Waals surface area contributed by atoms with Crippen LogP contribution in [0.25, 0.3) is 0 Å². The first kappa shape index (κ1) is 10.4. The van der Waals surface area contributed by atoms with Crippen molar-refractivity contribution in [2.45, 2.75) is 31.7 Å². The normalized spacial score (nSPS) is 30.9. The second kappa shape index (κ2) is 4.17. The van der Waals surface area contributed by atoms with Crippen LogP contribution in [-0.2, 0) is 0 Å². The van der Waals surface area contributed by atoms with E-state index in [2.05, 4.69) is 17.3 Å². The molecule has 2 N–H and O–H groups in total. The Morgan fingerprint density at radius 3 is 2.79 bits per heavy atom. The predicted molar refractivity (Wildman–Crippen MR) is 57.3 cm³/mol. The van der Waals surface area contributed by atoms with Crippen molar-refractivity contribution in [3.05, 3.63) is 0 Å². The monoisotopic (exact) mass is 198 g/mol. The fourth-order valence-electron chi connectivity index (χ4n) is 2.39. The zero-order valence-corrected chi connectivity index (χ0v) is 9.13. The van der Waals surface area contributed by atoms with Crippen LogP contribution in [0.15, 0.2) is 0 Å². The van der Waals surface area contributed by atoms with E-state index in [1.165, 1.54) is 32.4 Å². The molecule has 0 aromatic rings. The van der Waals surface area contributed by atoms with Gasteiger partial charge in [-0.05, 0) is 44.7 Å². The summed E-state index contributed by atoms with van der Waals surface area (Å²) in [7, 11) is 2.18. The molecule has 0 aromatic carbocycles. The quantitative estimate of drug-likeness (QED) is 0.673. The maximum Gasteiger partial charge on any atom is 0.0436 e. The molecule has 2 fully saturated rings. The third kappa shape index (κ3) is 2.47. The maximum atomic E-state index is 8.94. The van der Waals surface area contributed by atoms with Gasteiger partial charge < -0.3 is 15.3 Å². The van der Waals surface area contributed by atoms with E-state index in [1.807, 2.05) is 0 Å². The molecule has 3 heteroatoms. The lowest BCUT2D eigenvalue weighted by atomic mass is 10.0. The van der Waals surface area contributed by atoms with Gasteiger partial charge in [-0.25, -0.2) is 0 Å². The molecule has 0 bridgehead atoms. The van der Waals surface area contributed by atoms with E-state index in [0.29, 0.717) is 18.1 Å². The molecule has 1 saturated heterocycles. The van der Waals surface area contributed by atoms with Crippen LogP contribution in [0.4, 0.5) is 0 Å². The summed E-state index contributed by atoms with van der Waals surface area (Å²) in [4.78, 5) is 2.38. The fourth-order valence-corrected chi connectivity index (χ4v) is 2.39. The lowest BCUT2D eigenvalue weighted by molar-refractivity contribution is 0.242. The van der Waals surface area contributed by atoms with E-state index in [1.54, 1.807) is 0 Å². The summed E-state index contributed by atoms with van der Waals surface area (Å²) in [6.45, 7) is 3.89. The summed E-state index contributed by atoms with van der Waals surface area (Å²) >= 11 is 0. The number of nitrogens with one attached hydrogen (secondary N) is 1. The van der Waals surface area contributed by atoms with Crippen molar-refractivity contribution < 1.29 is 5.11 Å². The largest absolute Gasteiger partial charge is 0.396 e. The molecule has 14 heavy (non-hydrogen) atoms. The fraction of sp³-hybridized carbons (Fsp3) is 1.00. The number of likely N-dealkylation sites (N-methyl/N-ethyl adjacent to an activating group) is 1. The van der Waals surface area contributed by atoms with Crippen molar-refractivity contribution in [3.63, 3.8) is 0 Å². The Morgan fingerprint density at radius 2 is 2.29 bits per heavy atom. The van der Waals surface area contributed by atoms with Crippen LogP contribution in [0.3, 0.4) is 0 Å². The minimum absolute atomic E-state index is 0.353. The lowest BCUT2D eigenvalue weighted by Crippen LogP contribution is -2.36. The Labute approximate surface area is 86.5 Å². The summed E-state index contributed by atoms with van der Waals surface area (Å²) in [5.41, 5.74) is 0.468. The van der Waals surface area contributed by atoms with Crippen LogP contribution < -0.4 is 5.32 Å². The molecular formula is C11H22N2O. The molecule has 1 unspecified atom stereocenters. The molecular weight excluding hydrogens is 176 g/mol. The number of aliphatic hydroxyl groups excluding tert-OH is 1. The van der Waals surface area contributed by atoms with Gasteiger partial charge in [0.25, 0.3) is 0 Å². The van der Waals surface area contributed by atoms with Crippen molar-refractivity contribution in [1.82, 2.24) is 10.2 Å². The summed E-state index contributed by atoms with van der Waals surface area (Å²) in [5, 5.41) is 12.6. The van der Waals surface area contributed by atoms with Gasteiger partial charge in [0.05, 0.1) is 0 Å². The molecule has 3 nitrogen and oxygen atoms in total. The standard InChI is InChI=1S/C11H22N2O/c1-13-6-2-10(8-13)12-9-11(3-4-11)5-7-14/h10,12,14H,2-9H2,1H3. The summed E-state index contributed by atoms with van der Waals surface area (Å²) < 4.78 is 0. The molecule has 1 aliphatic heterocycles. The zero-order valence-electron chi connectivity index (χ0n) is 9.13. The van der Waals surface area contributed by atoms with Gasteiger partial charge in [-0.2, -0.15) is 0 Å². The SMILES string of the molecule is CN1CCC(NCC2(CCO)CC2)C1. The lowest BCUT2D eigenvalue weighted by Gasteiger charge is -2.18. The summed E-state index contributed by atoms with van der Waals surface area (Å²) in [5.74, 6) is 0. The maximum absolute atomic E-state index is 8.94. The van der Waals surface area contributed by atoms with E-state index >= 15 is 0 Å². The second-order valence-electron chi connectivity index (χ2n) is 5.10. The highest BCUT2D eigenvalue weighted by Crippen LogP contribution is 2.48. The molecule has 1 aliphatic carbocycles. The third-order valence-corrected chi connectivity index (χ3v) is 3.76. The van der Waals surface area contributed by atoms with Gasteiger partial charge in [0.2, 0.25) is 0 Å². The molecule has 0 aromatic heterocycles. The van der Waals surface area contributed by atoms with Crippen LogP contribution in [0.1, 0.15) is 25.7 Å². The van der Waals surface area contributed by atoms with E-state index < -0.39 is 0 Å². The predicted octanol–water partition coefficient (Wildman–Crippen LogP) is 0.443. The van der Waals surface area contributed by atoms with E-state index in [4.69, 9.17) is 5.11 Å². The van der Waals surface area contributed by atoms with Gasteiger partial charge in [0.15, 0.2) is 0 Å². The molecule has 2 aliphatic rings. The van der Waals surface area contributed by atoms with Crippen LogP contribution in [0.5, 0.6) is 0 Å². The number of nitrogens with zero attached hydrogens (tertiary/aromatic N) is 1. The average molecular weight is 198 g/mol. The Morgan fingerprint density at radius 1 is 1.50 bits per heavy atom. The van der Waals surface area contributed by atoms with Crippen LogP contribution in [-0.4, -0.2) is 49.3 Å². The first-order chi connectivity index (χ1) is 6.74. The number of hydrogen-bond donors (Lipinski definition) is 2. The first-order valence-corrected chi connectivity index (χ1v) is 5.77. The average Bonchev–Trinajstić information content (AvgIpc) is 2.80. The Bertz CT molecular complexity index is 192. The minimum atomic E-state index is 0.353. The third-order valence-electron chi connectivity index (χ3n) is 3.76. The number of rotatable bonds is 5. The van der Waals surface area contributed by atoms with E-state index in [-0.39, 0.29) is 0 Å². The highest BCUT2D eigenvalue weighted by molar-refractivity contribution is 4.95. The Hall–Kier alpha value is -0.120. The highest BCUT2D eigenvalue weighted by atomic mass is 16.3. The van der Waals surface area contributed by atoms with Crippen LogP contribution >= 0.6 is 0 Å².